The molecule has 0 aromatic carbocycles. The fourth-order valence-corrected chi connectivity index (χ4v) is 1.46. The van der Waals surface area contributed by atoms with Gasteiger partial charge in [-0.2, -0.15) is 10.2 Å². The van der Waals surface area contributed by atoms with Crippen LogP contribution in [0.25, 0.3) is 6.08 Å². The lowest BCUT2D eigenvalue weighted by Crippen LogP contribution is -2.25. The molecule has 0 saturated heterocycles. The Balaban J connectivity index is 1.93. The normalized spacial score (nSPS) is 12.8. The molecule has 7 heteroatoms. The minimum absolute atomic E-state index is 0.194. The van der Waals surface area contributed by atoms with E-state index in [1.54, 1.807) is 17.0 Å². The molecule has 1 atom stereocenters. The maximum Gasteiger partial charge on any atom is 0.244 e. The maximum atomic E-state index is 11.7. The summed E-state index contributed by atoms with van der Waals surface area (Å²) in [4.78, 5) is 15.6. The molecule has 2 aromatic rings. The summed E-state index contributed by atoms with van der Waals surface area (Å²) in [6.07, 6.45) is 6.25. The lowest BCUT2D eigenvalue weighted by atomic mass is 10.3. The van der Waals surface area contributed by atoms with Crippen molar-refractivity contribution in [2.45, 2.75) is 13.0 Å². The van der Waals surface area contributed by atoms with Gasteiger partial charge < -0.3 is 5.32 Å². The van der Waals surface area contributed by atoms with Crippen LogP contribution in [0.1, 0.15) is 24.5 Å². The number of carbonyl (C=O) groups excluding carboxylic acids is 1. The van der Waals surface area contributed by atoms with Crippen molar-refractivity contribution in [3.8, 4) is 0 Å². The Bertz CT molecular complexity index is 542. The van der Waals surface area contributed by atoms with Crippen LogP contribution in [0.15, 0.2) is 24.7 Å². The summed E-state index contributed by atoms with van der Waals surface area (Å²) in [6.45, 7) is 1.83. The summed E-state index contributed by atoms with van der Waals surface area (Å²) in [6, 6.07) is 1.61. The number of hydrogen-bond donors (Lipinski definition) is 2. The van der Waals surface area contributed by atoms with Crippen LogP contribution in [-0.2, 0) is 11.8 Å². The van der Waals surface area contributed by atoms with E-state index in [4.69, 9.17) is 0 Å². The average Bonchev–Trinajstić information content (AvgIpc) is 2.97. The third-order valence-corrected chi connectivity index (χ3v) is 2.47. The number of hydrogen-bond acceptors (Lipinski definition) is 4. The van der Waals surface area contributed by atoms with Crippen molar-refractivity contribution < 1.29 is 4.79 Å². The van der Waals surface area contributed by atoms with Crippen molar-refractivity contribution in [1.82, 2.24) is 30.3 Å². The number of H-pyrrole nitrogens is 1. The third kappa shape index (κ3) is 2.82. The number of aromatic amines is 1. The molecule has 18 heavy (non-hydrogen) atoms. The first-order valence-corrected chi connectivity index (χ1v) is 5.48. The second kappa shape index (κ2) is 5.26. The molecule has 2 N–H and O–H groups in total. The summed E-state index contributed by atoms with van der Waals surface area (Å²) >= 11 is 0. The van der Waals surface area contributed by atoms with Gasteiger partial charge in [0.2, 0.25) is 5.91 Å². The molecule has 94 valence electrons. The molecule has 0 spiro atoms. The lowest BCUT2D eigenvalue weighted by Gasteiger charge is -2.08. The van der Waals surface area contributed by atoms with Crippen LogP contribution in [0.3, 0.4) is 0 Å². The van der Waals surface area contributed by atoms with E-state index in [0.29, 0.717) is 5.82 Å². The highest BCUT2D eigenvalue weighted by Crippen LogP contribution is 2.04. The van der Waals surface area contributed by atoms with Gasteiger partial charge in [0, 0.05) is 19.3 Å². The molecule has 1 amide bonds. The van der Waals surface area contributed by atoms with Gasteiger partial charge in [0.15, 0.2) is 0 Å². The SMILES string of the molecule is CC(NC(=O)/C=C/c1ccnn1C)c1ncn[nH]1. The Morgan fingerprint density at radius 3 is 3.06 bits per heavy atom. The van der Waals surface area contributed by atoms with Crippen LogP contribution >= 0.6 is 0 Å². The largest absolute Gasteiger partial charge is 0.343 e. The summed E-state index contributed by atoms with van der Waals surface area (Å²) in [5, 5.41) is 13.2. The quantitative estimate of drug-likeness (QED) is 0.766. The Labute approximate surface area is 104 Å². The van der Waals surface area contributed by atoms with Gasteiger partial charge >= 0.3 is 0 Å². The highest BCUT2D eigenvalue weighted by molar-refractivity contribution is 5.91. The second-order valence-electron chi connectivity index (χ2n) is 3.81. The van der Waals surface area contributed by atoms with Crippen LogP contribution in [0.2, 0.25) is 0 Å². The van der Waals surface area contributed by atoms with Gasteiger partial charge in [0.1, 0.15) is 12.2 Å². The van der Waals surface area contributed by atoms with E-state index < -0.39 is 0 Å². The molecule has 0 aliphatic heterocycles. The van der Waals surface area contributed by atoms with E-state index in [-0.39, 0.29) is 11.9 Å². The zero-order valence-electron chi connectivity index (χ0n) is 10.2. The van der Waals surface area contributed by atoms with E-state index in [9.17, 15) is 4.79 Å². The van der Waals surface area contributed by atoms with Gasteiger partial charge in [-0.25, -0.2) is 4.98 Å². The molecule has 2 heterocycles. The fraction of sp³-hybridized carbons (Fsp3) is 0.273. The predicted octanol–water partition coefficient (Wildman–Crippen LogP) is 0.429. The van der Waals surface area contributed by atoms with Crippen molar-refractivity contribution in [2.75, 3.05) is 0 Å². The number of nitrogens with zero attached hydrogens (tertiary/aromatic N) is 4. The molecular formula is C11H14N6O. The van der Waals surface area contributed by atoms with Gasteiger partial charge in [-0.15, -0.1) is 0 Å². The third-order valence-electron chi connectivity index (χ3n) is 2.47. The van der Waals surface area contributed by atoms with Crippen LogP contribution in [0.4, 0.5) is 0 Å². The minimum Gasteiger partial charge on any atom is -0.343 e. The number of aromatic nitrogens is 5. The summed E-state index contributed by atoms with van der Waals surface area (Å²) < 4.78 is 1.68. The monoisotopic (exact) mass is 246 g/mol. The Kier molecular flexibility index (Phi) is 3.52. The Morgan fingerprint density at radius 1 is 1.61 bits per heavy atom. The molecule has 1 unspecified atom stereocenters. The highest BCUT2D eigenvalue weighted by atomic mass is 16.1. The molecule has 7 nitrogen and oxygen atoms in total. The van der Waals surface area contributed by atoms with Crippen molar-refractivity contribution in [3.63, 3.8) is 0 Å². The van der Waals surface area contributed by atoms with Gasteiger partial charge in [0.05, 0.1) is 11.7 Å². The van der Waals surface area contributed by atoms with E-state index in [2.05, 4.69) is 25.6 Å². The van der Waals surface area contributed by atoms with E-state index >= 15 is 0 Å². The van der Waals surface area contributed by atoms with Gasteiger partial charge in [-0.3, -0.25) is 14.6 Å². The number of rotatable bonds is 4. The van der Waals surface area contributed by atoms with Gasteiger partial charge in [-0.1, -0.05) is 0 Å². The number of nitrogens with one attached hydrogen (secondary N) is 2. The van der Waals surface area contributed by atoms with E-state index in [1.807, 2.05) is 20.0 Å². The Hall–Kier alpha value is -2.44. The molecule has 0 saturated carbocycles. The minimum atomic E-state index is -0.212. The molecule has 0 aliphatic carbocycles. The first-order valence-electron chi connectivity index (χ1n) is 5.48. The number of amides is 1. The fourth-order valence-electron chi connectivity index (χ4n) is 1.46. The number of carbonyl (C=O) groups is 1. The van der Waals surface area contributed by atoms with Crippen LogP contribution in [-0.4, -0.2) is 30.9 Å². The Morgan fingerprint density at radius 2 is 2.44 bits per heavy atom. The molecule has 0 radical (unpaired) electrons. The molecule has 0 fully saturated rings. The molecule has 0 aliphatic rings. The summed E-state index contributed by atoms with van der Waals surface area (Å²) in [5.74, 6) is 0.428. The van der Waals surface area contributed by atoms with Crippen LogP contribution in [0.5, 0.6) is 0 Å². The topological polar surface area (TPSA) is 88.5 Å². The second-order valence-corrected chi connectivity index (χ2v) is 3.81. The first-order chi connectivity index (χ1) is 8.66. The maximum absolute atomic E-state index is 11.7. The first kappa shape index (κ1) is 12.0. The van der Waals surface area contributed by atoms with Crippen LogP contribution < -0.4 is 5.32 Å². The van der Waals surface area contributed by atoms with Gasteiger partial charge in [-0.05, 0) is 19.1 Å². The van der Waals surface area contributed by atoms with Gasteiger partial charge in [0.25, 0.3) is 0 Å². The molecule has 0 bridgehead atoms. The van der Waals surface area contributed by atoms with Crippen molar-refractivity contribution in [2.24, 2.45) is 7.05 Å². The zero-order chi connectivity index (χ0) is 13.0. The zero-order valence-corrected chi connectivity index (χ0v) is 10.2. The van der Waals surface area contributed by atoms with E-state index in [0.717, 1.165) is 5.69 Å². The molecule has 2 rings (SSSR count). The summed E-state index contributed by atoms with van der Waals surface area (Å²) in [7, 11) is 1.81. The number of aryl methyl sites for hydroxylation is 1. The smallest absolute Gasteiger partial charge is 0.244 e. The molecular weight excluding hydrogens is 232 g/mol. The van der Waals surface area contributed by atoms with Crippen LogP contribution in [0, 0.1) is 0 Å². The van der Waals surface area contributed by atoms with Crippen molar-refractivity contribution >= 4 is 12.0 Å². The summed E-state index contributed by atoms with van der Waals surface area (Å²) in [5.41, 5.74) is 0.859. The van der Waals surface area contributed by atoms with Crippen molar-refractivity contribution in [3.05, 3.63) is 36.2 Å². The predicted molar refractivity (Wildman–Crippen MR) is 65.2 cm³/mol. The molecule has 2 aromatic heterocycles. The van der Waals surface area contributed by atoms with Crippen molar-refractivity contribution in [1.29, 1.82) is 0 Å². The van der Waals surface area contributed by atoms with E-state index in [1.165, 1.54) is 12.4 Å². The standard InChI is InChI=1S/C11H14N6O/c1-8(11-12-7-13-16-11)15-10(18)4-3-9-5-6-14-17(9)2/h3-8H,1-2H3,(H,15,18)(H,12,13,16)/b4-3+. The highest BCUT2D eigenvalue weighted by Gasteiger charge is 2.09. The lowest BCUT2D eigenvalue weighted by molar-refractivity contribution is -0.117. The average molecular weight is 246 g/mol.